The SMILES string of the molecule is COCCCn1c(NC(=O)c2cccs2)nc2cc(CN(C)C3CCCCC3)ccc21. The number of nitrogens with one attached hydrogen (secondary N) is 1. The number of hydrogen-bond acceptors (Lipinski definition) is 5. The molecule has 0 atom stereocenters. The molecule has 166 valence electrons. The second kappa shape index (κ2) is 10.4. The van der Waals surface area contributed by atoms with Crippen LogP contribution in [0, 0.1) is 0 Å². The van der Waals surface area contributed by atoms with Gasteiger partial charge in [0.25, 0.3) is 5.91 Å². The van der Waals surface area contributed by atoms with Crippen molar-refractivity contribution in [3.8, 4) is 0 Å². The minimum absolute atomic E-state index is 0.115. The molecule has 3 aromatic rings. The highest BCUT2D eigenvalue weighted by atomic mass is 32.1. The first-order valence-electron chi connectivity index (χ1n) is 11.2. The summed E-state index contributed by atoms with van der Waals surface area (Å²) in [4.78, 5) is 20.6. The maximum atomic E-state index is 12.6. The Hall–Kier alpha value is -2.22. The molecule has 1 amide bonds. The van der Waals surface area contributed by atoms with Crippen LogP contribution in [0.2, 0.25) is 0 Å². The number of benzene rings is 1. The Morgan fingerprint density at radius 3 is 2.87 bits per heavy atom. The topological polar surface area (TPSA) is 59.4 Å². The van der Waals surface area contributed by atoms with Gasteiger partial charge >= 0.3 is 0 Å². The van der Waals surface area contributed by atoms with Crippen molar-refractivity contribution in [3.63, 3.8) is 0 Å². The van der Waals surface area contributed by atoms with Crippen molar-refractivity contribution < 1.29 is 9.53 Å². The third kappa shape index (κ3) is 5.34. The number of amides is 1. The average molecular weight is 441 g/mol. The number of nitrogens with zero attached hydrogens (tertiary/aromatic N) is 3. The maximum Gasteiger partial charge on any atom is 0.268 e. The predicted molar refractivity (Wildman–Crippen MR) is 127 cm³/mol. The molecule has 1 fully saturated rings. The molecule has 0 saturated heterocycles. The quantitative estimate of drug-likeness (QED) is 0.468. The monoisotopic (exact) mass is 440 g/mol. The standard InChI is InChI=1S/C24H32N4O2S/c1-27(19-8-4-3-5-9-19)17-18-11-12-21-20(16-18)25-24(28(21)13-7-14-30-2)26-23(29)22-10-6-15-31-22/h6,10-12,15-16,19H,3-5,7-9,13-14,17H2,1-2H3,(H,25,26,29). The molecule has 1 N–H and O–H groups in total. The van der Waals surface area contributed by atoms with E-state index in [1.807, 2.05) is 17.5 Å². The summed E-state index contributed by atoms with van der Waals surface area (Å²) in [6.07, 6.45) is 7.50. The van der Waals surface area contributed by atoms with Crippen molar-refractivity contribution in [3.05, 3.63) is 46.2 Å². The molecule has 1 aliphatic carbocycles. The summed E-state index contributed by atoms with van der Waals surface area (Å²) in [5.41, 5.74) is 3.23. The van der Waals surface area contributed by atoms with Crippen LogP contribution in [0.4, 0.5) is 5.95 Å². The third-order valence-corrected chi connectivity index (χ3v) is 7.01. The Labute approximate surface area is 188 Å². The molecule has 6 nitrogen and oxygen atoms in total. The molecule has 31 heavy (non-hydrogen) atoms. The van der Waals surface area contributed by atoms with Gasteiger partial charge < -0.3 is 9.30 Å². The van der Waals surface area contributed by atoms with Crippen molar-refractivity contribution in [1.29, 1.82) is 0 Å². The van der Waals surface area contributed by atoms with Gasteiger partial charge in [0.15, 0.2) is 0 Å². The number of imidazole rings is 1. The summed E-state index contributed by atoms with van der Waals surface area (Å²) in [6.45, 7) is 2.34. The lowest BCUT2D eigenvalue weighted by Gasteiger charge is -2.31. The number of hydrogen-bond donors (Lipinski definition) is 1. The van der Waals surface area contributed by atoms with E-state index in [-0.39, 0.29) is 5.91 Å². The molecule has 1 saturated carbocycles. The molecule has 0 aliphatic heterocycles. The van der Waals surface area contributed by atoms with Gasteiger partial charge in [-0.05, 0) is 55.5 Å². The number of carbonyl (C=O) groups excluding carboxylic acids is 1. The number of methoxy groups -OCH3 is 1. The lowest BCUT2D eigenvalue weighted by molar-refractivity contribution is 0.102. The Morgan fingerprint density at radius 1 is 1.29 bits per heavy atom. The summed E-state index contributed by atoms with van der Waals surface area (Å²) in [5, 5.41) is 4.92. The number of aryl methyl sites for hydroxylation is 1. The number of anilines is 1. The van der Waals surface area contributed by atoms with E-state index >= 15 is 0 Å². The van der Waals surface area contributed by atoms with E-state index < -0.39 is 0 Å². The van der Waals surface area contributed by atoms with Gasteiger partial charge in [0.05, 0.1) is 15.9 Å². The highest BCUT2D eigenvalue weighted by Crippen LogP contribution is 2.26. The Kier molecular flexibility index (Phi) is 7.37. The Balaban J connectivity index is 1.56. The van der Waals surface area contributed by atoms with Crippen LogP contribution in [0.25, 0.3) is 11.0 Å². The largest absolute Gasteiger partial charge is 0.385 e. The number of aromatic nitrogens is 2. The molecule has 0 spiro atoms. The van der Waals surface area contributed by atoms with E-state index in [1.54, 1.807) is 7.11 Å². The summed E-state index contributed by atoms with van der Waals surface area (Å²) in [7, 11) is 3.94. The van der Waals surface area contributed by atoms with E-state index in [0.29, 0.717) is 23.5 Å². The van der Waals surface area contributed by atoms with Crippen LogP contribution < -0.4 is 5.32 Å². The fraction of sp³-hybridized carbons (Fsp3) is 0.500. The van der Waals surface area contributed by atoms with Gasteiger partial charge in [-0.3, -0.25) is 15.0 Å². The molecule has 1 aliphatic rings. The second-order valence-electron chi connectivity index (χ2n) is 8.39. The van der Waals surface area contributed by atoms with Crippen LogP contribution >= 0.6 is 11.3 Å². The number of rotatable bonds is 9. The molecule has 2 heterocycles. The van der Waals surface area contributed by atoms with Gasteiger partial charge in [0, 0.05) is 32.8 Å². The molecular formula is C24H32N4O2S. The summed E-state index contributed by atoms with van der Waals surface area (Å²) >= 11 is 1.43. The second-order valence-corrected chi connectivity index (χ2v) is 9.34. The number of ether oxygens (including phenoxy) is 1. The molecule has 4 rings (SSSR count). The van der Waals surface area contributed by atoms with Crippen LogP contribution in [-0.4, -0.2) is 47.2 Å². The number of fused-ring (bicyclic) bond motifs is 1. The van der Waals surface area contributed by atoms with Gasteiger partial charge in [0.2, 0.25) is 5.95 Å². The van der Waals surface area contributed by atoms with Crippen LogP contribution in [-0.2, 0) is 17.8 Å². The fourth-order valence-corrected chi connectivity index (χ4v) is 5.09. The zero-order valence-electron chi connectivity index (χ0n) is 18.5. The van der Waals surface area contributed by atoms with Crippen molar-refractivity contribution in [2.75, 3.05) is 26.1 Å². The van der Waals surface area contributed by atoms with E-state index in [0.717, 1.165) is 30.5 Å². The van der Waals surface area contributed by atoms with E-state index in [1.165, 1.54) is 49.0 Å². The van der Waals surface area contributed by atoms with E-state index in [2.05, 4.69) is 40.0 Å². The van der Waals surface area contributed by atoms with Crippen molar-refractivity contribution >= 4 is 34.2 Å². The van der Waals surface area contributed by atoms with E-state index in [9.17, 15) is 4.79 Å². The molecule has 0 bridgehead atoms. The van der Waals surface area contributed by atoms with E-state index in [4.69, 9.17) is 9.72 Å². The zero-order chi connectivity index (χ0) is 21.6. The minimum atomic E-state index is -0.115. The fourth-order valence-electron chi connectivity index (χ4n) is 4.47. The normalized spacial score (nSPS) is 15.1. The Bertz CT molecular complexity index is 993. The van der Waals surface area contributed by atoms with Crippen molar-refractivity contribution in [1.82, 2.24) is 14.5 Å². The van der Waals surface area contributed by atoms with Crippen molar-refractivity contribution in [2.45, 2.75) is 57.7 Å². The van der Waals surface area contributed by atoms with Crippen LogP contribution in [0.3, 0.4) is 0 Å². The van der Waals surface area contributed by atoms with Gasteiger partial charge in [0.1, 0.15) is 0 Å². The molecule has 1 aromatic carbocycles. The summed E-state index contributed by atoms with van der Waals surface area (Å²) < 4.78 is 7.32. The van der Waals surface area contributed by atoms with Crippen LogP contribution in [0.5, 0.6) is 0 Å². The lowest BCUT2D eigenvalue weighted by Crippen LogP contribution is -2.32. The smallest absolute Gasteiger partial charge is 0.268 e. The lowest BCUT2D eigenvalue weighted by atomic mass is 9.94. The molecule has 0 radical (unpaired) electrons. The Morgan fingerprint density at radius 2 is 2.13 bits per heavy atom. The summed E-state index contributed by atoms with van der Waals surface area (Å²) in [5.74, 6) is 0.484. The summed E-state index contributed by atoms with van der Waals surface area (Å²) in [6, 6.07) is 10.9. The number of thiophene rings is 1. The first kappa shape index (κ1) is 22.0. The zero-order valence-corrected chi connectivity index (χ0v) is 19.3. The molecule has 0 unspecified atom stereocenters. The first-order chi connectivity index (χ1) is 15.2. The molecule has 7 heteroatoms. The predicted octanol–water partition coefficient (Wildman–Crippen LogP) is 5.15. The minimum Gasteiger partial charge on any atom is -0.385 e. The number of carbonyl (C=O) groups is 1. The van der Waals surface area contributed by atoms with Gasteiger partial charge in [-0.15, -0.1) is 11.3 Å². The van der Waals surface area contributed by atoms with Gasteiger partial charge in [-0.2, -0.15) is 0 Å². The molecule has 2 aromatic heterocycles. The highest BCUT2D eigenvalue weighted by Gasteiger charge is 2.19. The van der Waals surface area contributed by atoms with Crippen LogP contribution in [0.1, 0.15) is 53.8 Å². The molecular weight excluding hydrogens is 408 g/mol. The highest BCUT2D eigenvalue weighted by molar-refractivity contribution is 7.12. The van der Waals surface area contributed by atoms with Crippen LogP contribution in [0.15, 0.2) is 35.7 Å². The third-order valence-electron chi connectivity index (χ3n) is 6.14. The van der Waals surface area contributed by atoms with Gasteiger partial charge in [-0.25, -0.2) is 4.98 Å². The van der Waals surface area contributed by atoms with Crippen molar-refractivity contribution in [2.24, 2.45) is 0 Å². The maximum absolute atomic E-state index is 12.6. The van der Waals surface area contributed by atoms with Gasteiger partial charge in [-0.1, -0.05) is 31.4 Å². The average Bonchev–Trinajstić information content (AvgIpc) is 3.43. The first-order valence-corrected chi connectivity index (χ1v) is 12.1.